The topological polar surface area (TPSA) is 106 Å². The van der Waals surface area contributed by atoms with E-state index in [4.69, 9.17) is 9.47 Å². The number of nitrogens with zero attached hydrogens (tertiary/aromatic N) is 2. The molecule has 1 aromatic carbocycles. The van der Waals surface area contributed by atoms with Crippen LogP contribution >= 0.6 is 0 Å². The molecule has 0 aliphatic heterocycles. The van der Waals surface area contributed by atoms with Crippen molar-refractivity contribution in [3.63, 3.8) is 0 Å². The molecule has 8 heteroatoms. The summed E-state index contributed by atoms with van der Waals surface area (Å²) < 4.78 is 11.0. The van der Waals surface area contributed by atoms with Gasteiger partial charge in [0.15, 0.2) is 17.3 Å². The third-order valence-corrected chi connectivity index (χ3v) is 3.86. The van der Waals surface area contributed by atoms with E-state index in [9.17, 15) is 9.59 Å². The number of methoxy groups -OCH3 is 1. The first kappa shape index (κ1) is 21.4. The maximum Gasteiger partial charge on any atom is 0.273 e. The molecule has 0 radical (unpaired) electrons. The fourth-order valence-corrected chi connectivity index (χ4v) is 2.46. The first-order valence-corrected chi connectivity index (χ1v) is 9.37. The molecule has 2 N–H and O–H groups in total. The Bertz CT molecular complexity index is 862. The summed E-state index contributed by atoms with van der Waals surface area (Å²) >= 11 is 0. The summed E-state index contributed by atoms with van der Waals surface area (Å²) in [5.74, 6) is 1.75. The van der Waals surface area contributed by atoms with Crippen molar-refractivity contribution >= 4 is 5.91 Å². The molecule has 0 saturated carbocycles. The highest BCUT2D eigenvalue weighted by Gasteiger charge is 2.13. The minimum atomic E-state index is -0.358. The number of hydrogen-bond donors (Lipinski definition) is 2. The Morgan fingerprint density at radius 1 is 1.18 bits per heavy atom. The Morgan fingerprint density at radius 2 is 1.93 bits per heavy atom. The van der Waals surface area contributed by atoms with Crippen molar-refractivity contribution in [2.75, 3.05) is 13.7 Å². The van der Waals surface area contributed by atoms with Crippen molar-refractivity contribution < 1.29 is 14.3 Å². The number of aromatic nitrogens is 3. The smallest absolute Gasteiger partial charge is 0.273 e. The number of aromatic amines is 1. The molecule has 0 aliphatic rings. The molecular weight excluding hydrogens is 360 g/mol. The van der Waals surface area contributed by atoms with E-state index in [0.717, 1.165) is 0 Å². The lowest BCUT2D eigenvalue weighted by atomic mass is 10.2. The second kappa shape index (κ2) is 9.87. The summed E-state index contributed by atoms with van der Waals surface area (Å²) in [6.45, 7) is 8.51. The Kier molecular flexibility index (Phi) is 7.54. The molecule has 8 nitrogen and oxygen atoms in total. The molecule has 2 rings (SSSR count). The minimum absolute atomic E-state index is 0.0105. The van der Waals surface area contributed by atoms with Gasteiger partial charge in [-0.2, -0.15) is 0 Å². The Labute approximate surface area is 164 Å². The standard InChI is InChI=1S/C20H28N4O4/c1-12(2)11-21-18(25)9-7-15-20(26)22-19(24-23-15)14-6-8-16(28-13(3)4)17(10-14)27-5/h6,8,10,12-13H,7,9,11H2,1-5H3,(H,21,25)(H,22,24,26). The number of hydrogen-bond acceptors (Lipinski definition) is 6. The van der Waals surface area contributed by atoms with Gasteiger partial charge in [0.2, 0.25) is 5.91 Å². The van der Waals surface area contributed by atoms with Crippen LogP contribution in [0.25, 0.3) is 11.4 Å². The Balaban J connectivity index is 2.11. The lowest BCUT2D eigenvalue weighted by Gasteiger charge is -2.14. The van der Waals surface area contributed by atoms with Gasteiger partial charge >= 0.3 is 0 Å². The Hall–Kier alpha value is -2.90. The van der Waals surface area contributed by atoms with Crippen molar-refractivity contribution in [3.05, 3.63) is 34.2 Å². The van der Waals surface area contributed by atoms with Gasteiger partial charge in [-0.3, -0.25) is 9.59 Å². The summed E-state index contributed by atoms with van der Waals surface area (Å²) in [5, 5.41) is 10.9. The molecule has 0 unspecified atom stereocenters. The van der Waals surface area contributed by atoms with Crippen LogP contribution < -0.4 is 20.3 Å². The molecule has 1 heterocycles. The SMILES string of the molecule is COc1cc(-c2nnc(CCC(=O)NCC(C)C)c(=O)[nH]2)ccc1OC(C)C. The number of aryl methyl sites for hydroxylation is 1. The van der Waals surface area contributed by atoms with E-state index < -0.39 is 0 Å². The highest BCUT2D eigenvalue weighted by molar-refractivity contribution is 5.76. The molecule has 0 atom stereocenters. The van der Waals surface area contributed by atoms with Gasteiger partial charge in [-0.05, 0) is 38.0 Å². The van der Waals surface area contributed by atoms with Gasteiger partial charge in [0.1, 0.15) is 5.69 Å². The fourth-order valence-electron chi connectivity index (χ4n) is 2.46. The van der Waals surface area contributed by atoms with Gasteiger partial charge in [0, 0.05) is 24.9 Å². The average Bonchev–Trinajstić information content (AvgIpc) is 2.65. The number of benzene rings is 1. The second-order valence-corrected chi connectivity index (χ2v) is 7.18. The van der Waals surface area contributed by atoms with E-state index in [1.807, 2.05) is 27.7 Å². The van der Waals surface area contributed by atoms with Crippen molar-refractivity contribution in [1.82, 2.24) is 20.5 Å². The predicted octanol–water partition coefficient (Wildman–Crippen LogP) is 2.33. The van der Waals surface area contributed by atoms with Crippen LogP contribution in [0.5, 0.6) is 11.5 Å². The number of nitrogens with one attached hydrogen (secondary N) is 2. The van der Waals surface area contributed by atoms with Crippen LogP contribution in [0.4, 0.5) is 0 Å². The number of H-pyrrole nitrogens is 1. The first-order chi connectivity index (χ1) is 13.3. The fraction of sp³-hybridized carbons (Fsp3) is 0.500. The average molecular weight is 388 g/mol. The maximum absolute atomic E-state index is 12.3. The molecular formula is C20H28N4O4. The summed E-state index contributed by atoms with van der Waals surface area (Å²) in [6, 6.07) is 5.27. The molecule has 0 fully saturated rings. The number of amides is 1. The van der Waals surface area contributed by atoms with Crippen molar-refractivity contribution in [1.29, 1.82) is 0 Å². The molecule has 0 saturated heterocycles. The second-order valence-electron chi connectivity index (χ2n) is 7.18. The molecule has 1 amide bonds. The van der Waals surface area contributed by atoms with Gasteiger partial charge in [-0.25, -0.2) is 0 Å². The summed E-state index contributed by atoms with van der Waals surface area (Å²) in [4.78, 5) is 26.8. The van der Waals surface area contributed by atoms with E-state index in [1.165, 1.54) is 0 Å². The van der Waals surface area contributed by atoms with Crippen molar-refractivity contribution in [2.45, 2.75) is 46.6 Å². The molecule has 152 valence electrons. The monoisotopic (exact) mass is 388 g/mol. The van der Waals surface area contributed by atoms with E-state index in [1.54, 1.807) is 25.3 Å². The third-order valence-electron chi connectivity index (χ3n) is 3.86. The van der Waals surface area contributed by atoms with Crippen LogP contribution in [0.3, 0.4) is 0 Å². The summed E-state index contributed by atoms with van der Waals surface area (Å²) in [6.07, 6.45) is 0.437. The first-order valence-electron chi connectivity index (χ1n) is 9.37. The van der Waals surface area contributed by atoms with Gasteiger partial charge in [-0.15, -0.1) is 10.2 Å². The lowest BCUT2D eigenvalue weighted by Crippen LogP contribution is -2.28. The van der Waals surface area contributed by atoms with Gasteiger partial charge in [-0.1, -0.05) is 13.8 Å². The molecule has 0 aliphatic carbocycles. The molecule has 0 bridgehead atoms. The lowest BCUT2D eigenvalue weighted by molar-refractivity contribution is -0.121. The van der Waals surface area contributed by atoms with E-state index in [-0.39, 0.29) is 36.1 Å². The van der Waals surface area contributed by atoms with Crippen molar-refractivity contribution in [3.8, 4) is 22.9 Å². The summed E-state index contributed by atoms with van der Waals surface area (Å²) in [5.41, 5.74) is 0.525. The maximum atomic E-state index is 12.3. The number of rotatable bonds is 9. The van der Waals surface area contributed by atoms with Gasteiger partial charge < -0.3 is 19.8 Å². The minimum Gasteiger partial charge on any atom is -0.493 e. The van der Waals surface area contributed by atoms with E-state index >= 15 is 0 Å². The van der Waals surface area contributed by atoms with Gasteiger partial charge in [0.05, 0.1) is 13.2 Å². The third kappa shape index (κ3) is 6.07. The van der Waals surface area contributed by atoms with Crippen LogP contribution in [0.1, 0.15) is 39.8 Å². The van der Waals surface area contributed by atoms with E-state index in [2.05, 4.69) is 20.5 Å². The zero-order chi connectivity index (χ0) is 20.7. The quantitative estimate of drug-likeness (QED) is 0.683. The molecule has 28 heavy (non-hydrogen) atoms. The normalized spacial score (nSPS) is 11.0. The van der Waals surface area contributed by atoms with Gasteiger partial charge in [0.25, 0.3) is 5.56 Å². The Morgan fingerprint density at radius 3 is 2.54 bits per heavy atom. The van der Waals surface area contributed by atoms with Crippen LogP contribution in [-0.2, 0) is 11.2 Å². The zero-order valence-corrected chi connectivity index (χ0v) is 17.0. The number of carbonyl (C=O) groups excluding carboxylic acids is 1. The molecule has 0 spiro atoms. The summed E-state index contributed by atoms with van der Waals surface area (Å²) in [7, 11) is 1.55. The van der Waals surface area contributed by atoms with Crippen LogP contribution in [0.15, 0.2) is 23.0 Å². The van der Waals surface area contributed by atoms with Crippen LogP contribution in [0.2, 0.25) is 0 Å². The van der Waals surface area contributed by atoms with Crippen LogP contribution in [-0.4, -0.2) is 40.8 Å². The number of carbonyl (C=O) groups is 1. The molecule has 1 aromatic heterocycles. The highest BCUT2D eigenvalue weighted by Crippen LogP contribution is 2.31. The van der Waals surface area contributed by atoms with Crippen molar-refractivity contribution in [2.24, 2.45) is 5.92 Å². The predicted molar refractivity (Wildman–Crippen MR) is 107 cm³/mol. The zero-order valence-electron chi connectivity index (χ0n) is 17.0. The number of ether oxygens (including phenoxy) is 2. The van der Waals surface area contributed by atoms with E-state index in [0.29, 0.717) is 35.3 Å². The largest absolute Gasteiger partial charge is 0.493 e. The van der Waals surface area contributed by atoms with Crippen LogP contribution in [0, 0.1) is 5.92 Å². The highest BCUT2D eigenvalue weighted by atomic mass is 16.5. The molecule has 2 aromatic rings.